The van der Waals surface area contributed by atoms with Gasteiger partial charge in [-0.15, -0.1) is 0 Å². The molecule has 3 aromatic rings. The molecule has 2 fully saturated rings. The van der Waals surface area contributed by atoms with Crippen LogP contribution in [0.3, 0.4) is 0 Å². The van der Waals surface area contributed by atoms with Crippen molar-refractivity contribution in [3.63, 3.8) is 0 Å². The zero-order valence-electron chi connectivity index (χ0n) is 20.0. The van der Waals surface area contributed by atoms with E-state index in [1.54, 1.807) is 10.6 Å². The van der Waals surface area contributed by atoms with Crippen LogP contribution >= 0.6 is 0 Å². The van der Waals surface area contributed by atoms with E-state index in [1.807, 2.05) is 43.3 Å². The summed E-state index contributed by atoms with van der Waals surface area (Å²) < 4.78 is 8.40. The first-order valence-corrected chi connectivity index (χ1v) is 11.9. The van der Waals surface area contributed by atoms with Crippen molar-refractivity contribution < 1.29 is 4.74 Å². The molecule has 1 aromatic heterocycles. The second-order valence-electron chi connectivity index (χ2n) is 10.4. The van der Waals surface area contributed by atoms with E-state index in [0.29, 0.717) is 17.5 Å². The smallest absolute Gasteiger partial charge is 0.350 e. The van der Waals surface area contributed by atoms with Crippen LogP contribution in [-0.2, 0) is 0 Å². The normalized spacial score (nSPS) is 20.6. The molecule has 2 heterocycles. The lowest BCUT2D eigenvalue weighted by Crippen LogP contribution is -2.44. The van der Waals surface area contributed by atoms with Gasteiger partial charge in [-0.25, -0.2) is 4.79 Å². The van der Waals surface area contributed by atoms with Crippen molar-refractivity contribution in [1.29, 1.82) is 0 Å². The van der Waals surface area contributed by atoms with Crippen LogP contribution in [0.2, 0.25) is 0 Å². The van der Waals surface area contributed by atoms with Gasteiger partial charge in [0, 0.05) is 36.8 Å². The number of fused-ring (bicyclic) bond motifs is 1. The third-order valence-electron chi connectivity index (χ3n) is 7.48. The minimum Gasteiger partial charge on any atom is -0.492 e. The largest absolute Gasteiger partial charge is 0.492 e. The van der Waals surface area contributed by atoms with Gasteiger partial charge in [-0.3, -0.25) is 9.36 Å². The second kappa shape index (κ2) is 8.20. The quantitative estimate of drug-likeness (QED) is 0.544. The Balaban J connectivity index is 1.47. The maximum Gasteiger partial charge on any atom is 0.350 e. The molecular formula is C26H33N5O3. The second-order valence-corrected chi connectivity index (χ2v) is 10.4. The molecule has 1 saturated heterocycles. The van der Waals surface area contributed by atoms with E-state index < -0.39 is 11.2 Å². The number of benzene rings is 2. The summed E-state index contributed by atoms with van der Waals surface area (Å²) in [6.45, 7) is 8.52. The molecule has 5 rings (SSSR count). The van der Waals surface area contributed by atoms with Crippen molar-refractivity contribution in [1.82, 2.24) is 9.24 Å². The lowest BCUT2D eigenvalue weighted by Gasteiger charge is -2.30. The van der Waals surface area contributed by atoms with E-state index in [2.05, 4.69) is 18.7 Å². The first kappa shape index (κ1) is 22.5. The molecule has 0 bridgehead atoms. The molecule has 1 saturated carbocycles. The number of nitrogen functional groups attached to an aromatic ring is 1. The first-order valence-electron chi connectivity index (χ1n) is 11.9. The summed E-state index contributed by atoms with van der Waals surface area (Å²) in [7, 11) is 0. The number of ether oxygens (including phenoxy) is 1. The topological polar surface area (TPSA) is 109 Å². The summed E-state index contributed by atoms with van der Waals surface area (Å²) >= 11 is 0. The Morgan fingerprint density at radius 2 is 1.82 bits per heavy atom. The number of rotatable bonds is 6. The zero-order chi connectivity index (χ0) is 24.2. The molecule has 34 heavy (non-hydrogen) atoms. The molecule has 8 heteroatoms. The average Bonchev–Trinajstić information content (AvgIpc) is 3.60. The number of hydrogen-bond donors (Lipinski definition) is 2. The van der Waals surface area contributed by atoms with Crippen molar-refractivity contribution in [2.75, 3.05) is 30.4 Å². The van der Waals surface area contributed by atoms with E-state index in [0.717, 1.165) is 47.6 Å². The Bertz CT molecular complexity index is 1340. The number of aryl methyl sites for hydroxylation is 1. The molecule has 0 spiro atoms. The lowest BCUT2D eigenvalue weighted by atomic mass is 9.78. The highest BCUT2D eigenvalue weighted by Gasteiger charge is 2.43. The highest BCUT2D eigenvalue weighted by atomic mass is 16.5. The van der Waals surface area contributed by atoms with Crippen LogP contribution in [0.4, 0.5) is 5.69 Å². The predicted octanol–water partition coefficient (Wildman–Crippen LogP) is 2.39. The van der Waals surface area contributed by atoms with Crippen LogP contribution < -0.4 is 32.5 Å². The fourth-order valence-corrected chi connectivity index (χ4v) is 5.50. The third-order valence-corrected chi connectivity index (χ3v) is 7.48. The van der Waals surface area contributed by atoms with Crippen LogP contribution in [0.25, 0.3) is 10.9 Å². The molecule has 0 amide bonds. The molecule has 1 aliphatic heterocycles. The Morgan fingerprint density at radius 3 is 2.50 bits per heavy atom. The molecule has 2 atom stereocenters. The van der Waals surface area contributed by atoms with Gasteiger partial charge in [0.05, 0.1) is 10.9 Å². The SMILES string of the molecule is Cc1c(N2C[C@H]([C@H](N)COc3ccccc3)C(C)(C)C2)ccc2c(=O)n(N)c(=O)n(C3CC3)c12. The third kappa shape index (κ3) is 3.76. The number of nitrogens with zero attached hydrogens (tertiary/aromatic N) is 3. The van der Waals surface area contributed by atoms with Crippen LogP contribution in [0.15, 0.2) is 52.1 Å². The van der Waals surface area contributed by atoms with Crippen molar-refractivity contribution in [2.45, 2.75) is 45.7 Å². The molecule has 2 aromatic carbocycles. The summed E-state index contributed by atoms with van der Waals surface area (Å²) in [5.41, 5.74) is 8.39. The minimum absolute atomic E-state index is 0.0301. The Labute approximate surface area is 198 Å². The number of aromatic nitrogens is 2. The molecule has 2 aliphatic rings. The van der Waals surface area contributed by atoms with Crippen LogP contribution in [-0.4, -0.2) is 35.0 Å². The molecule has 4 N–H and O–H groups in total. The van der Waals surface area contributed by atoms with Gasteiger partial charge in [-0.2, -0.15) is 4.68 Å². The average molecular weight is 464 g/mol. The van der Waals surface area contributed by atoms with Crippen molar-refractivity contribution in [3.05, 3.63) is 68.9 Å². The van der Waals surface area contributed by atoms with Gasteiger partial charge in [0.2, 0.25) is 0 Å². The zero-order valence-corrected chi connectivity index (χ0v) is 20.0. The fourth-order valence-electron chi connectivity index (χ4n) is 5.50. The molecule has 0 radical (unpaired) electrons. The monoisotopic (exact) mass is 463 g/mol. The van der Waals surface area contributed by atoms with E-state index >= 15 is 0 Å². The van der Waals surface area contributed by atoms with E-state index in [1.165, 1.54) is 0 Å². The Morgan fingerprint density at radius 1 is 1.12 bits per heavy atom. The highest BCUT2D eigenvalue weighted by molar-refractivity contribution is 5.87. The standard InChI is InChI=1S/C26H33N5O3/c1-16-22(12-11-19-23(16)30(17-9-10-17)25(33)31(28)24(19)32)29-13-20(26(2,3)15-29)21(27)14-34-18-7-5-4-6-8-18/h4-8,11-12,17,20-21H,9-10,13-15,27-28H2,1-3H3/t20-,21-/m1/s1. The first-order chi connectivity index (χ1) is 16.2. The number of nitrogens with two attached hydrogens (primary N) is 2. The molecule has 180 valence electrons. The van der Waals surface area contributed by atoms with Gasteiger partial charge in [0.25, 0.3) is 5.56 Å². The van der Waals surface area contributed by atoms with Crippen molar-refractivity contribution in [3.8, 4) is 5.75 Å². The Kier molecular flexibility index (Phi) is 5.43. The van der Waals surface area contributed by atoms with Gasteiger partial charge >= 0.3 is 5.69 Å². The van der Waals surface area contributed by atoms with Crippen molar-refractivity contribution >= 4 is 16.6 Å². The number of anilines is 1. The minimum atomic E-state index is -0.453. The maximum atomic E-state index is 12.9. The lowest BCUT2D eigenvalue weighted by molar-refractivity contribution is 0.185. The van der Waals surface area contributed by atoms with E-state index in [-0.39, 0.29) is 23.4 Å². The van der Waals surface area contributed by atoms with Crippen LogP contribution in [0.1, 0.15) is 38.3 Å². The maximum absolute atomic E-state index is 12.9. The number of para-hydroxylation sites is 1. The molecule has 0 unspecified atom stereocenters. The van der Waals surface area contributed by atoms with Gasteiger partial charge in [0.1, 0.15) is 12.4 Å². The molecular weight excluding hydrogens is 430 g/mol. The van der Waals surface area contributed by atoms with Crippen LogP contribution in [0, 0.1) is 18.3 Å². The Hall–Kier alpha value is -3.26. The fraction of sp³-hybridized carbons (Fsp3) is 0.462. The van der Waals surface area contributed by atoms with Crippen molar-refractivity contribution in [2.24, 2.45) is 17.1 Å². The van der Waals surface area contributed by atoms with Gasteiger partial charge in [0.15, 0.2) is 0 Å². The molecule has 8 nitrogen and oxygen atoms in total. The summed E-state index contributed by atoms with van der Waals surface area (Å²) in [4.78, 5) is 27.9. The van der Waals surface area contributed by atoms with Crippen LogP contribution in [0.5, 0.6) is 5.75 Å². The summed E-state index contributed by atoms with van der Waals surface area (Å²) in [5, 5.41) is 0.484. The highest BCUT2D eigenvalue weighted by Crippen LogP contribution is 2.42. The molecule has 1 aliphatic carbocycles. The number of hydrogen-bond acceptors (Lipinski definition) is 6. The summed E-state index contributed by atoms with van der Waals surface area (Å²) in [6, 6.07) is 13.5. The van der Waals surface area contributed by atoms with Gasteiger partial charge < -0.3 is 21.2 Å². The van der Waals surface area contributed by atoms with Gasteiger partial charge in [-0.05, 0) is 55.0 Å². The van der Waals surface area contributed by atoms with Gasteiger partial charge in [-0.1, -0.05) is 32.0 Å². The van der Waals surface area contributed by atoms with E-state index in [4.69, 9.17) is 16.3 Å². The summed E-state index contributed by atoms with van der Waals surface area (Å²) in [5.74, 6) is 6.85. The van der Waals surface area contributed by atoms with E-state index in [9.17, 15) is 9.59 Å². The summed E-state index contributed by atoms with van der Waals surface area (Å²) in [6.07, 6.45) is 1.85. The predicted molar refractivity (Wildman–Crippen MR) is 135 cm³/mol.